The molecule has 0 saturated heterocycles. The average molecular weight is 418 g/mol. The highest BCUT2D eigenvalue weighted by Crippen LogP contribution is 2.23. The SMILES string of the molecule is CN(C)C(=O)COc1cccc(CN=C(N)Nc2cccc(Oc3ccccc3)c2)c1. The van der Waals surface area contributed by atoms with Crippen LogP contribution in [0.15, 0.2) is 83.9 Å². The molecule has 7 heteroatoms. The minimum absolute atomic E-state index is 0.00912. The van der Waals surface area contributed by atoms with Crippen LogP contribution in [-0.2, 0) is 11.3 Å². The number of nitrogens with zero attached hydrogens (tertiary/aromatic N) is 2. The summed E-state index contributed by atoms with van der Waals surface area (Å²) in [6.45, 7) is 0.364. The number of amides is 1. The summed E-state index contributed by atoms with van der Waals surface area (Å²) in [6, 6.07) is 24.5. The second-order valence-electron chi connectivity index (χ2n) is 6.99. The number of carbonyl (C=O) groups is 1. The monoisotopic (exact) mass is 418 g/mol. The van der Waals surface area contributed by atoms with Crippen molar-refractivity contribution >= 4 is 17.6 Å². The summed E-state index contributed by atoms with van der Waals surface area (Å²) in [4.78, 5) is 17.5. The number of hydrogen-bond acceptors (Lipinski definition) is 4. The Kier molecular flexibility index (Phi) is 7.48. The van der Waals surface area contributed by atoms with Crippen molar-refractivity contribution in [3.8, 4) is 17.2 Å². The zero-order valence-electron chi connectivity index (χ0n) is 17.6. The fourth-order valence-corrected chi connectivity index (χ4v) is 2.63. The number of anilines is 1. The molecule has 0 fully saturated rings. The van der Waals surface area contributed by atoms with Gasteiger partial charge in [-0.15, -0.1) is 0 Å². The molecule has 0 heterocycles. The second-order valence-corrected chi connectivity index (χ2v) is 6.99. The minimum Gasteiger partial charge on any atom is -0.484 e. The lowest BCUT2D eigenvalue weighted by molar-refractivity contribution is -0.130. The van der Waals surface area contributed by atoms with Gasteiger partial charge in [-0.1, -0.05) is 36.4 Å². The largest absolute Gasteiger partial charge is 0.484 e. The van der Waals surface area contributed by atoms with Crippen molar-refractivity contribution in [1.29, 1.82) is 0 Å². The van der Waals surface area contributed by atoms with E-state index >= 15 is 0 Å². The van der Waals surface area contributed by atoms with E-state index in [1.807, 2.05) is 72.8 Å². The molecule has 0 unspecified atom stereocenters. The number of carbonyl (C=O) groups excluding carboxylic acids is 1. The van der Waals surface area contributed by atoms with Crippen LogP contribution in [0.25, 0.3) is 0 Å². The number of benzene rings is 3. The number of para-hydroxylation sites is 1. The Morgan fingerprint density at radius 1 is 0.935 bits per heavy atom. The fourth-order valence-electron chi connectivity index (χ4n) is 2.63. The molecule has 0 bridgehead atoms. The Morgan fingerprint density at radius 3 is 2.42 bits per heavy atom. The molecule has 7 nitrogen and oxygen atoms in total. The summed E-state index contributed by atoms with van der Waals surface area (Å²) in [5.41, 5.74) is 7.73. The molecule has 31 heavy (non-hydrogen) atoms. The molecule has 3 aromatic rings. The first-order valence-corrected chi connectivity index (χ1v) is 9.81. The molecule has 0 spiro atoms. The van der Waals surface area contributed by atoms with Crippen molar-refractivity contribution in [2.45, 2.75) is 6.54 Å². The topological polar surface area (TPSA) is 89.2 Å². The van der Waals surface area contributed by atoms with Crippen LogP contribution in [0.5, 0.6) is 17.2 Å². The van der Waals surface area contributed by atoms with Crippen LogP contribution in [0, 0.1) is 0 Å². The van der Waals surface area contributed by atoms with Gasteiger partial charge < -0.3 is 25.4 Å². The Bertz CT molecular complexity index is 1040. The average Bonchev–Trinajstić information content (AvgIpc) is 2.77. The number of aliphatic imine (C=N–C) groups is 1. The highest BCUT2D eigenvalue weighted by atomic mass is 16.5. The Hall–Kier alpha value is -4.00. The number of ether oxygens (including phenoxy) is 2. The molecule has 1 amide bonds. The third-order valence-corrected chi connectivity index (χ3v) is 4.28. The van der Waals surface area contributed by atoms with Crippen molar-refractivity contribution < 1.29 is 14.3 Å². The molecule has 3 rings (SSSR count). The second kappa shape index (κ2) is 10.7. The third-order valence-electron chi connectivity index (χ3n) is 4.28. The lowest BCUT2D eigenvalue weighted by atomic mass is 10.2. The standard InChI is InChI=1S/C24H26N4O3/c1-28(2)23(29)17-30-21-12-6-8-18(14-21)16-26-24(25)27-19-9-7-13-22(15-19)31-20-10-4-3-5-11-20/h3-15H,16-17H2,1-2H3,(H3,25,26,27). The van der Waals surface area contributed by atoms with Gasteiger partial charge in [-0.2, -0.15) is 0 Å². The zero-order valence-corrected chi connectivity index (χ0v) is 17.6. The van der Waals surface area contributed by atoms with Crippen molar-refractivity contribution in [3.63, 3.8) is 0 Å². The van der Waals surface area contributed by atoms with Crippen LogP contribution in [0.2, 0.25) is 0 Å². The predicted molar refractivity (Wildman–Crippen MR) is 123 cm³/mol. The first kappa shape index (κ1) is 21.7. The zero-order chi connectivity index (χ0) is 22.1. The third kappa shape index (κ3) is 7.08. The van der Waals surface area contributed by atoms with Crippen molar-refractivity contribution in [1.82, 2.24) is 4.90 Å². The van der Waals surface area contributed by atoms with Gasteiger partial charge in [0.1, 0.15) is 17.2 Å². The molecule has 0 aliphatic rings. The van der Waals surface area contributed by atoms with Crippen LogP contribution in [0.1, 0.15) is 5.56 Å². The van der Waals surface area contributed by atoms with E-state index in [9.17, 15) is 4.79 Å². The lowest BCUT2D eigenvalue weighted by Crippen LogP contribution is -2.27. The summed E-state index contributed by atoms with van der Waals surface area (Å²) in [6.07, 6.45) is 0. The van der Waals surface area contributed by atoms with Gasteiger partial charge in [0.25, 0.3) is 5.91 Å². The maximum absolute atomic E-state index is 11.7. The molecular weight excluding hydrogens is 392 g/mol. The Labute approximate surface area is 182 Å². The molecule has 3 aromatic carbocycles. The normalized spacial score (nSPS) is 11.0. The van der Waals surface area contributed by atoms with Gasteiger partial charge >= 0.3 is 0 Å². The highest BCUT2D eigenvalue weighted by Gasteiger charge is 2.05. The highest BCUT2D eigenvalue weighted by molar-refractivity contribution is 5.92. The van der Waals surface area contributed by atoms with E-state index in [0.717, 1.165) is 17.0 Å². The fraction of sp³-hybridized carbons (Fsp3) is 0.167. The number of guanidine groups is 1. The van der Waals surface area contributed by atoms with Gasteiger partial charge in [0, 0.05) is 25.8 Å². The van der Waals surface area contributed by atoms with Crippen molar-refractivity contribution in [2.75, 3.05) is 26.0 Å². The number of rotatable bonds is 8. The smallest absolute Gasteiger partial charge is 0.259 e. The molecule has 0 aliphatic heterocycles. The first-order valence-electron chi connectivity index (χ1n) is 9.81. The number of nitrogens with two attached hydrogens (primary N) is 1. The molecule has 0 saturated carbocycles. The van der Waals surface area contributed by atoms with E-state index in [1.165, 1.54) is 4.90 Å². The van der Waals surface area contributed by atoms with E-state index in [0.29, 0.717) is 18.0 Å². The van der Waals surface area contributed by atoms with Crippen LogP contribution in [0.3, 0.4) is 0 Å². The molecule has 0 aromatic heterocycles. The van der Waals surface area contributed by atoms with Gasteiger partial charge in [0.2, 0.25) is 0 Å². The van der Waals surface area contributed by atoms with E-state index in [2.05, 4.69) is 10.3 Å². The lowest BCUT2D eigenvalue weighted by Gasteiger charge is -2.12. The molecule has 0 atom stereocenters. The molecule has 0 radical (unpaired) electrons. The molecule has 160 valence electrons. The van der Waals surface area contributed by atoms with E-state index in [4.69, 9.17) is 15.2 Å². The van der Waals surface area contributed by atoms with Gasteiger partial charge in [-0.3, -0.25) is 4.79 Å². The van der Waals surface area contributed by atoms with E-state index < -0.39 is 0 Å². The van der Waals surface area contributed by atoms with E-state index in [1.54, 1.807) is 20.2 Å². The summed E-state index contributed by atoms with van der Waals surface area (Å²) < 4.78 is 11.4. The van der Waals surface area contributed by atoms with Crippen LogP contribution in [-0.4, -0.2) is 37.5 Å². The van der Waals surface area contributed by atoms with Gasteiger partial charge in [-0.05, 0) is 42.0 Å². The minimum atomic E-state index is -0.102. The number of hydrogen-bond donors (Lipinski definition) is 2. The van der Waals surface area contributed by atoms with Gasteiger partial charge in [0.15, 0.2) is 12.6 Å². The van der Waals surface area contributed by atoms with Crippen LogP contribution < -0.4 is 20.5 Å². The summed E-state index contributed by atoms with van der Waals surface area (Å²) >= 11 is 0. The number of nitrogens with one attached hydrogen (secondary N) is 1. The number of likely N-dealkylation sites (N-methyl/N-ethyl adjacent to an activating group) is 1. The van der Waals surface area contributed by atoms with Gasteiger partial charge in [0.05, 0.1) is 6.54 Å². The van der Waals surface area contributed by atoms with Gasteiger partial charge in [-0.25, -0.2) is 4.99 Å². The summed E-state index contributed by atoms with van der Waals surface area (Å²) in [5, 5.41) is 3.07. The van der Waals surface area contributed by atoms with Crippen LogP contribution in [0.4, 0.5) is 5.69 Å². The van der Waals surface area contributed by atoms with E-state index in [-0.39, 0.29) is 18.5 Å². The van der Waals surface area contributed by atoms with Crippen molar-refractivity contribution in [3.05, 3.63) is 84.4 Å². The summed E-state index contributed by atoms with van der Waals surface area (Å²) in [5.74, 6) is 2.25. The molecule has 0 aliphatic carbocycles. The van der Waals surface area contributed by atoms with Crippen LogP contribution >= 0.6 is 0 Å². The molecule has 3 N–H and O–H groups in total. The quantitative estimate of drug-likeness (QED) is 0.428. The first-order chi connectivity index (χ1) is 15.0. The Balaban J connectivity index is 1.57. The van der Waals surface area contributed by atoms with Crippen molar-refractivity contribution in [2.24, 2.45) is 10.7 Å². The molecular formula is C24H26N4O3. The predicted octanol–water partition coefficient (Wildman–Crippen LogP) is 3.87. The Morgan fingerprint density at radius 2 is 1.65 bits per heavy atom. The maximum atomic E-state index is 11.7. The summed E-state index contributed by atoms with van der Waals surface area (Å²) in [7, 11) is 3.38. The maximum Gasteiger partial charge on any atom is 0.259 e.